The van der Waals surface area contributed by atoms with Gasteiger partial charge in [0.2, 0.25) is 0 Å². The Hall–Kier alpha value is -1.34. The molecule has 0 aliphatic rings. The van der Waals surface area contributed by atoms with Crippen molar-refractivity contribution in [2.24, 2.45) is 0 Å². The number of hydrogen-bond donors (Lipinski definition) is 0. The fourth-order valence-electron chi connectivity index (χ4n) is 3.67. The van der Waals surface area contributed by atoms with Crippen molar-refractivity contribution in [3.8, 4) is 0 Å². The van der Waals surface area contributed by atoms with Crippen LogP contribution < -0.4 is 10.4 Å². The lowest BCUT2D eigenvalue weighted by atomic mass is 10.1. The Morgan fingerprint density at radius 1 is 0.550 bits per heavy atom. The lowest BCUT2D eigenvalue weighted by Crippen LogP contribution is -2.45. The molecule has 0 saturated heterocycles. The molecule has 0 aliphatic carbocycles. The summed E-state index contributed by atoms with van der Waals surface area (Å²) in [5.41, 5.74) is 8.57. The number of benzene rings is 2. The minimum absolute atomic E-state index is 0.698. The van der Waals surface area contributed by atoms with Crippen molar-refractivity contribution < 1.29 is 0 Å². The zero-order valence-electron chi connectivity index (χ0n) is 13.8. The summed E-state index contributed by atoms with van der Waals surface area (Å²) < 4.78 is 0. The number of aryl methyl sites for hydroxylation is 6. The highest BCUT2D eigenvalue weighted by molar-refractivity contribution is 6.85. The van der Waals surface area contributed by atoms with Crippen LogP contribution in [0.5, 0.6) is 0 Å². The molecule has 0 nitrogen and oxygen atoms in total. The van der Waals surface area contributed by atoms with Gasteiger partial charge < -0.3 is 0 Å². The maximum Gasteiger partial charge on any atom is 0.388 e. The summed E-state index contributed by atoms with van der Waals surface area (Å²) in [5.74, 6) is 0. The van der Waals surface area contributed by atoms with Gasteiger partial charge >= 0.3 is 8.80 Å². The van der Waals surface area contributed by atoms with Crippen molar-refractivity contribution in [1.29, 1.82) is 0 Å². The molecular weight excluding hydrogens is 256 g/mol. The second-order valence-corrected chi connectivity index (χ2v) is 8.42. The minimum Gasteiger partial charge on any atom is -0.0534 e. The molecule has 2 aromatic rings. The summed E-state index contributed by atoms with van der Waals surface area (Å²) in [6.45, 7) is 15.9. The Morgan fingerprint density at radius 3 is 1.05 bits per heavy atom. The first-order valence-electron chi connectivity index (χ1n) is 7.31. The molecule has 0 amide bonds. The average molecular weight is 281 g/mol. The molecule has 0 bridgehead atoms. The van der Waals surface area contributed by atoms with Gasteiger partial charge in [0.15, 0.2) is 0 Å². The van der Waals surface area contributed by atoms with E-state index in [0.717, 1.165) is 0 Å². The van der Waals surface area contributed by atoms with Crippen LogP contribution in [0.4, 0.5) is 0 Å². The van der Waals surface area contributed by atoms with Crippen molar-refractivity contribution in [3.05, 3.63) is 57.6 Å². The Balaban J connectivity index is 2.61. The highest BCUT2D eigenvalue weighted by Gasteiger charge is 2.33. The summed E-state index contributed by atoms with van der Waals surface area (Å²) >= 11 is 0. The molecule has 0 heterocycles. The van der Waals surface area contributed by atoms with Gasteiger partial charge in [0.05, 0.1) is 6.55 Å². The fraction of sp³-hybridized carbons (Fsp3) is 0.368. The fourth-order valence-corrected chi connectivity index (χ4v) is 6.57. The van der Waals surface area contributed by atoms with Gasteiger partial charge in [-0.1, -0.05) is 35.4 Å². The van der Waals surface area contributed by atoms with E-state index in [1.165, 1.54) is 33.4 Å². The van der Waals surface area contributed by atoms with Gasteiger partial charge in [-0.2, -0.15) is 0 Å². The van der Waals surface area contributed by atoms with Gasteiger partial charge in [0.25, 0.3) is 0 Å². The topological polar surface area (TPSA) is 0 Å². The predicted molar refractivity (Wildman–Crippen MR) is 92.2 cm³/mol. The van der Waals surface area contributed by atoms with Crippen LogP contribution in [-0.2, 0) is 0 Å². The van der Waals surface area contributed by atoms with E-state index in [1.807, 2.05) is 0 Å². The standard InChI is InChI=1S/C19H25Si/c1-12-8-14(3)18(15(4)9-12)20(7)19-16(5)10-13(2)11-17(19)6/h8-11H,1-7H3/q+1. The zero-order chi connectivity index (χ0) is 15.0. The molecule has 2 rings (SSSR count). The Labute approximate surface area is 125 Å². The van der Waals surface area contributed by atoms with Crippen LogP contribution in [0.15, 0.2) is 24.3 Å². The molecular formula is C19H25Si+. The molecule has 1 heteroatoms. The van der Waals surface area contributed by atoms with Gasteiger partial charge in [-0.3, -0.25) is 0 Å². The summed E-state index contributed by atoms with van der Waals surface area (Å²) in [5, 5.41) is 3.19. The van der Waals surface area contributed by atoms with Crippen LogP contribution in [0.2, 0.25) is 6.55 Å². The van der Waals surface area contributed by atoms with Crippen molar-refractivity contribution >= 4 is 19.2 Å². The zero-order valence-corrected chi connectivity index (χ0v) is 14.8. The third-order valence-corrected chi connectivity index (χ3v) is 7.18. The summed E-state index contributed by atoms with van der Waals surface area (Å²) in [4.78, 5) is 0. The van der Waals surface area contributed by atoms with Crippen LogP contribution in [-0.4, -0.2) is 8.80 Å². The first kappa shape index (κ1) is 15.1. The monoisotopic (exact) mass is 281 g/mol. The average Bonchev–Trinajstić information content (AvgIpc) is 2.25. The van der Waals surface area contributed by atoms with Crippen LogP contribution in [0, 0.1) is 41.5 Å². The normalized spacial score (nSPS) is 10.8. The molecule has 0 N–H and O–H groups in total. The maximum absolute atomic E-state index is 2.44. The van der Waals surface area contributed by atoms with E-state index in [4.69, 9.17) is 0 Å². The minimum atomic E-state index is -0.698. The molecule has 0 unspecified atom stereocenters. The van der Waals surface area contributed by atoms with E-state index in [1.54, 1.807) is 10.4 Å². The smallest absolute Gasteiger partial charge is 0.0534 e. The highest BCUT2D eigenvalue weighted by atomic mass is 28.3. The van der Waals surface area contributed by atoms with E-state index in [0.29, 0.717) is 0 Å². The first-order chi connectivity index (χ1) is 9.31. The summed E-state index contributed by atoms with van der Waals surface area (Å²) in [6, 6.07) is 9.31. The van der Waals surface area contributed by atoms with E-state index >= 15 is 0 Å². The Morgan fingerprint density at radius 2 is 0.800 bits per heavy atom. The van der Waals surface area contributed by atoms with Crippen LogP contribution in [0.25, 0.3) is 0 Å². The molecule has 0 aliphatic heterocycles. The van der Waals surface area contributed by atoms with Gasteiger partial charge in [-0.15, -0.1) is 0 Å². The predicted octanol–water partition coefficient (Wildman–Crippen LogP) is 3.78. The van der Waals surface area contributed by atoms with Gasteiger partial charge in [-0.25, -0.2) is 0 Å². The number of rotatable bonds is 2. The molecule has 2 aromatic carbocycles. The number of hydrogen-bond acceptors (Lipinski definition) is 0. The van der Waals surface area contributed by atoms with Crippen LogP contribution in [0.3, 0.4) is 0 Å². The molecule has 104 valence electrons. The van der Waals surface area contributed by atoms with Crippen molar-refractivity contribution in [1.82, 2.24) is 0 Å². The highest BCUT2D eigenvalue weighted by Crippen LogP contribution is 2.12. The molecule has 0 atom stereocenters. The SMILES string of the molecule is Cc1cc(C)c([Si+](C)c2c(C)cc(C)cc2C)c(C)c1. The van der Waals surface area contributed by atoms with E-state index in [2.05, 4.69) is 72.4 Å². The second-order valence-electron chi connectivity index (χ2n) is 6.17. The van der Waals surface area contributed by atoms with Crippen molar-refractivity contribution in [3.63, 3.8) is 0 Å². The van der Waals surface area contributed by atoms with Crippen LogP contribution in [0.1, 0.15) is 33.4 Å². The molecule has 0 radical (unpaired) electrons. The van der Waals surface area contributed by atoms with E-state index in [9.17, 15) is 0 Å². The summed E-state index contributed by atoms with van der Waals surface area (Å²) in [6.07, 6.45) is 0. The van der Waals surface area contributed by atoms with Crippen LogP contribution >= 0.6 is 0 Å². The van der Waals surface area contributed by atoms with Gasteiger partial charge in [-0.05, 0) is 63.8 Å². The lowest BCUT2D eigenvalue weighted by molar-refractivity contribution is 1.33. The third-order valence-electron chi connectivity index (χ3n) is 4.10. The lowest BCUT2D eigenvalue weighted by Gasteiger charge is -2.11. The molecule has 0 fully saturated rings. The molecule has 0 aromatic heterocycles. The Bertz CT molecular complexity index is 549. The maximum atomic E-state index is 2.44. The first-order valence-corrected chi connectivity index (χ1v) is 9.31. The second kappa shape index (κ2) is 5.57. The third kappa shape index (κ3) is 2.73. The van der Waals surface area contributed by atoms with Gasteiger partial charge in [0, 0.05) is 0 Å². The van der Waals surface area contributed by atoms with E-state index < -0.39 is 8.80 Å². The van der Waals surface area contributed by atoms with Gasteiger partial charge in [0.1, 0.15) is 10.4 Å². The van der Waals surface area contributed by atoms with E-state index in [-0.39, 0.29) is 0 Å². The van der Waals surface area contributed by atoms with Crippen molar-refractivity contribution in [2.75, 3.05) is 0 Å². The van der Waals surface area contributed by atoms with Crippen molar-refractivity contribution in [2.45, 2.75) is 48.1 Å². The molecule has 0 spiro atoms. The largest absolute Gasteiger partial charge is 0.388 e. The molecule has 0 saturated carbocycles. The molecule has 20 heavy (non-hydrogen) atoms. The summed E-state index contributed by atoms with van der Waals surface area (Å²) in [7, 11) is -0.698. The Kier molecular flexibility index (Phi) is 4.19. The quantitative estimate of drug-likeness (QED) is 0.735.